The van der Waals surface area contributed by atoms with Crippen LogP contribution in [0.4, 0.5) is 0 Å². The first-order valence-electron chi connectivity index (χ1n) is 9.64. The Hall–Kier alpha value is -0.600. The predicted octanol–water partition coefficient (Wildman–Crippen LogP) is 4.62. The Kier molecular flexibility index (Phi) is 5.04. The first-order chi connectivity index (χ1) is 10.9. The van der Waals surface area contributed by atoms with E-state index in [1.54, 1.807) is 5.57 Å². The molecule has 23 heavy (non-hydrogen) atoms. The average Bonchev–Trinajstić information content (AvgIpc) is 2.81. The zero-order valence-corrected chi connectivity index (χ0v) is 15.1. The maximum absolute atomic E-state index is 9.85. The second-order valence-corrected chi connectivity index (χ2v) is 8.86. The van der Waals surface area contributed by atoms with Crippen molar-refractivity contribution in [2.24, 2.45) is 23.2 Å². The Bertz CT molecular complexity index is 478. The first-order valence-corrected chi connectivity index (χ1v) is 9.64. The fourth-order valence-corrected chi connectivity index (χ4v) is 5.90. The van der Waals surface area contributed by atoms with Crippen molar-refractivity contribution in [1.29, 1.82) is 0 Å². The van der Waals surface area contributed by atoms with Crippen LogP contribution in [0, 0.1) is 23.2 Å². The zero-order valence-electron chi connectivity index (χ0n) is 15.1. The average molecular weight is 319 g/mol. The third-order valence-electron chi connectivity index (χ3n) is 6.92. The molecule has 0 aromatic heterocycles. The minimum Gasteiger partial charge on any atom is -0.393 e. The van der Waals surface area contributed by atoms with E-state index in [1.165, 1.54) is 37.7 Å². The lowest BCUT2D eigenvalue weighted by Gasteiger charge is -2.43. The highest BCUT2D eigenvalue weighted by atomic mass is 16.3. The van der Waals surface area contributed by atoms with Crippen molar-refractivity contribution >= 4 is 0 Å². The molecule has 5 atom stereocenters. The van der Waals surface area contributed by atoms with Gasteiger partial charge in [0, 0.05) is 0 Å². The Labute approximate surface area is 141 Å². The van der Waals surface area contributed by atoms with E-state index in [2.05, 4.69) is 32.9 Å². The van der Waals surface area contributed by atoms with E-state index in [0.29, 0.717) is 11.8 Å². The van der Waals surface area contributed by atoms with Crippen molar-refractivity contribution in [3.8, 4) is 0 Å². The number of aliphatic hydroxyl groups excluding tert-OH is 2. The van der Waals surface area contributed by atoms with Crippen LogP contribution in [0.3, 0.4) is 0 Å². The van der Waals surface area contributed by atoms with Gasteiger partial charge >= 0.3 is 0 Å². The lowest BCUT2D eigenvalue weighted by atomic mass is 9.61. The van der Waals surface area contributed by atoms with Gasteiger partial charge in [-0.3, -0.25) is 0 Å². The van der Waals surface area contributed by atoms with E-state index in [0.717, 1.165) is 30.6 Å². The summed E-state index contributed by atoms with van der Waals surface area (Å²) >= 11 is 0. The smallest absolute Gasteiger partial charge is 0.0602 e. The van der Waals surface area contributed by atoms with Crippen LogP contribution in [-0.2, 0) is 0 Å². The maximum Gasteiger partial charge on any atom is 0.0602 e. The van der Waals surface area contributed by atoms with Gasteiger partial charge < -0.3 is 10.2 Å². The molecule has 3 fully saturated rings. The van der Waals surface area contributed by atoms with Crippen LogP contribution in [0.5, 0.6) is 0 Å². The minimum absolute atomic E-state index is 0.364. The number of aliphatic hydroxyl groups is 2. The summed E-state index contributed by atoms with van der Waals surface area (Å²) in [5, 5.41) is 19.7. The monoisotopic (exact) mass is 318 g/mol. The van der Waals surface area contributed by atoms with Crippen molar-refractivity contribution in [2.45, 2.75) is 84.3 Å². The Morgan fingerprint density at radius 2 is 1.78 bits per heavy atom. The van der Waals surface area contributed by atoms with Crippen LogP contribution in [-0.4, -0.2) is 22.4 Å². The summed E-state index contributed by atoms with van der Waals surface area (Å²) in [4.78, 5) is 0. The van der Waals surface area contributed by atoms with Gasteiger partial charge in [-0.15, -0.1) is 0 Å². The van der Waals surface area contributed by atoms with E-state index in [4.69, 9.17) is 0 Å². The van der Waals surface area contributed by atoms with Crippen molar-refractivity contribution in [3.63, 3.8) is 0 Å². The summed E-state index contributed by atoms with van der Waals surface area (Å²) in [6.45, 7) is 7.32. The van der Waals surface area contributed by atoms with Gasteiger partial charge in [0.2, 0.25) is 0 Å². The van der Waals surface area contributed by atoms with Crippen LogP contribution in [0.25, 0.3) is 0 Å². The lowest BCUT2D eigenvalue weighted by Crippen LogP contribution is -2.35. The van der Waals surface area contributed by atoms with Gasteiger partial charge in [0.05, 0.1) is 12.2 Å². The SMILES string of the molecule is CC(C)C1CC[C@H]2/C(=C/C=C3C[C@@H](O)C[C@H](O)C3)CCC[C@]12C. The Morgan fingerprint density at radius 1 is 1.09 bits per heavy atom. The summed E-state index contributed by atoms with van der Waals surface area (Å²) in [5.74, 6) is 2.40. The number of rotatable bonds is 2. The van der Waals surface area contributed by atoms with Crippen LogP contribution < -0.4 is 0 Å². The molecule has 0 amide bonds. The highest BCUT2D eigenvalue weighted by Gasteiger charge is 2.49. The van der Waals surface area contributed by atoms with Crippen molar-refractivity contribution in [1.82, 2.24) is 0 Å². The third-order valence-corrected chi connectivity index (χ3v) is 6.92. The molecule has 3 saturated carbocycles. The molecule has 0 saturated heterocycles. The molecule has 2 N–H and O–H groups in total. The summed E-state index contributed by atoms with van der Waals surface area (Å²) in [7, 11) is 0. The van der Waals surface area contributed by atoms with Crippen LogP contribution >= 0.6 is 0 Å². The second-order valence-electron chi connectivity index (χ2n) is 8.86. The lowest BCUT2D eigenvalue weighted by molar-refractivity contribution is 0.0609. The fraction of sp³-hybridized carbons (Fsp3) is 0.810. The Morgan fingerprint density at radius 3 is 2.43 bits per heavy atom. The number of hydrogen-bond donors (Lipinski definition) is 2. The fourth-order valence-electron chi connectivity index (χ4n) is 5.90. The summed E-state index contributed by atoms with van der Waals surface area (Å²) < 4.78 is 0. The number of fused-ring (bicyclic) bond motifs is 1. The molecule has 0 heterocycles. The quantitative estimate of drug-likeness (QED) is 0.780. The molecule has 2 nitrogen and oxygen atoms in total. The highest BCUT2D eigenvalue weighted by molar-refractivity contribution is 5.26. The predicted molar refractivity (Wildman–Crippen MR) is 95.0 cm³/mol. The van der Waals surface area contributed by atoms with Gasteiger partial charge in [-0.1, -0.05) is 44.1 Å². The largest absolute Gasteiger partial charge is 0.393 e. The molecular formula is C21H34O2. The van der Waals surface area contributed by atoms with Crippen molar-refractivity contribution in [3.05, 3.63) is 23.3 Å². The normalized spacial score (nSPS) is 43.0. The molecule has 3 rings (SSSR count). The Balaban J connectivity index is 1.78. The van der Waals surface area contributed by atoms with E-state index >= 15 is 0 Å². The van der Waals surface area contributed by atoms with Gasteiger partial charge in [-0.2, -0.15) is 0 Å². The van der Waals surface area contributed by atoms with Gasteiger partial charge in [-0.05, 0) is 74.5 Å². The number of hydrogen-bond acceptors (Lipinski definition) is 2. The molecule has 0 aliphatic heterocycles. The summed E-state index contributed by atoms with van der Waals surface area (Å²) in [6.07, 6.45) is 12.5. The zero-order chi connectivity index (χ0) is 16.6. The molecular weight excluding hydrogens is 284 g/mol. The highest BCUT2D eigenvalue weighted by Crippen LogP contribution is 2.59. The molecule has 0 radical (unpaired) electrons. The molecule has 1 unspecified atom stereocenters. The molecule has 3 aliphatic carbocycles. The summed E-state index contributed by atoms with van der Waals surface area (Å²) in [6, 6.07) is 0. The molecule has 0 aromatic rings. The number of allylic oxidation sites excluding steroid dienone is 3. The van der Waals surface area contributed by atoms with E-state index in [1.807, 2.05) is 0 Å². The van der Waals surface area contributed by atoms with E-state index in [-0.39, 0.29) is 12.2 Å². The van der Waals surface area contributed by atoms with Gasteiger partial charge in [0.15, 0.2) is 0 Å². The topological polar surface area (TPSA) is 40.5 Å². The van der Waals surface area contributed by atoms with Gasteiger partial charge in [0.25, 0.3) is 0 Å². The maximum atomic E-state index is 9.85. The molecule has 0 spiro atoms. The minimum atomic E-state index is -0.364. The van der Waals surface area contributed by atoms with Crippen molar-refractivity contribution < 1.29 is 10.2 Å². The molecule has 0 aromatic carbocycles. The van der Waals surface area contributed by atoms with Gasteiger partial charge in [-0.25, -0.2) is 0 Å². The van der Waals surface area contributed by atoms with Crippen LogP contribution in [0.2, 0.25) is 0 Å². The molecule has 130 valence electrons. The molecule has 0 bridgehead atoms. The van der Waals surface area contributed by atoms with Crippen LogP contribution in [0.1, 0.15) is 72.1 Å². The van der Waals surface area contributed by atoms with Crippen molar-refractivity contribution in [2.75, 3.05) is 0 Å². The van der Waals surface area contributed by atoms with Gasteiger partial charge in [0.1, 0.15) is 0 Å². The van der Waals surface area contributed by atoms with E-state index in [9.17, 15) is 10.2 Å². The second kappa shape index (κ2) is 6.72. The first kappa shape index (κ1) is 17.2. The summed E-state index contributed by atoms with van der Waals surface area (Å²) in [5.41, 5.74) is 3.33. The van der Waals surface area contributed by atoms with E-state index < -0.39 is 0 Å². The third kappa shape index (κ3) is 3.44. The molecule has 2 heteroatoms. The standard InChI is InChI=1S/C21H34O2/c1-14(2)19-8-9-20-16(5-4-10-21(19,20)3)7-6-15-11-17(22)13-18(23)12-15/h6-7,14,17-20,22-23H,4-5,8-13H2,1-3H3/b16-7+/t17-,18-,19?,20+,21-/m1/s1. The van der Waals surface area contributed by atoms with Crippen LogP contribution in [0.15, 0.2) is 23.3 Å². The molecule has 3 aliphatic rings.